The average molecular weight is 449 g/mol. The molecule has 34 heavy (non-hydrogen) atoms. The monoisotopic (exact) mass is 448 g/mol. The number of benzene rings is 4. The normalized spacial score (nSPS) is 10.6. The maximum Gasteiger partial charge on any atom is 0.255 e. The number of carbonyl (C=O) groups is 2. The van der Waals surface area contributed by atoms with Crippen LogP contribution in [0.3, 0.4) is 0 Å². The number of nitrogens with one attached hydrogen (secondary N) is 2. The molecule has 0 heterocycles. The van der Waals surface area contributed by atoms with Crippen molar-refractivity contribution in [2.45, 2.75) is 20.8 Å². The first-order chi connectivity index (χ1) is 16.4. The summed E-state index contributed by atoms with van der Waals surface area (Å²) < 4.78 is 0. The van der Waals surface area contributed by atoms with E-state index in [9.17, 15) is 9.59 Å². The molecule has 0 fully saturated rings. The van der Waals surface area contributed by atoms with Crippen LogP contribution in [-0.4, -0.2) is 18.9 Å². The molecule has 0 atom stereocenters. The van der Waals surface area contributed by atoms with Gasteiger partial charge in [0.05, 0.1) is 0 Å². The van der Waals surface area contributed by atoms with Gasteiger partial charge in [-0.3, -0.25) is 9.59 Å². The molecular weight excluding hydrogens is 420 g/mol. The van der Waals surface area contributed by atoms with Gasteiger partial charge in [0.25, 0.3) is 11.8 Å². The van der Waals surface area contributed by atoms with Gasteiger partial charge in [-0.25, -0.2) is 0 Å². The molecule has 0 radical (unpaired) electrons. The van der Waals surface area contributed by atoms with Crippen molar-refractivity contribution in [3.63, 3.8) is 0 Å². The lowest BCUT2D eigenvalue weighted by Crippen LogP contribution is -2.17. The first-order valence-corrected chi connectivity index (χ1v) is 11.3. The summed E-state index contributed by atoms with van der Waals surface area (Å²) in [5, 5.41) is 5.62. The zero-order valence-corrected chi connectivity index (χ0v) is 19.9. The van der Waals surface area contributed by atoms with Gasteiger partial charge in [0, 0.05) is 23.9 Å². The maximum absolute atomic E-state index is 12.8. The Kier molecular flexibility index (Phi) is 6.60. The third-order valence-corrected chi connectivity index (χ3v) is 6.01. The fraction of sp³-hybridized carbons (Fsp3) is 0.133. The van der Waals surface area contributed by atoms with Crippen molar-refractivity contribution in [3.8, 4) is 22.3 Å². The Morgan fingerprint density at radius 3 is 1.59 bits per heavy atom. The third-order valence-electron chi connectivity index (χ3n) is 6.01. The van der Waals surface area contributed by atoms with Crippen LogP contribution in [0.2, 0.25) is 0 Å². The van der Waals surface area contributed by atoms with Crippen molar-refractivity contribution in [3.05, 3.63) is 113 Å². The van der Waals surface area contributed by atoms with E-state index in [0.717, 1.165) is 22.4 Å². The van der Waals surface area contributed by atoms with Gasteiger partial charge in [-0.2, -0.15) is 0 Å². The summed E-state index contributed by atoms with van der Waals surface area (Å²) in [5.74, 6) is -0.268. The molecule has 0 spiro atoms. The number of hydrogen-bond acceptors (Lipinski definition) is 2. The van der Waals surface area contributed by atoms with E-state index in [1.54, 1.807) is 19.2 Å². The second-order valence-electron chi connectivity index (χ2n) is 8.54. The summed E-state index contributed by atoms with van der Waals surface area (Å²) >= 11 is 0. The van der Waals surface area contributed by atoms with Crippen molar-refractivity contribution in [2.24, 2.45) is 0 Å². The molecule has 4 aromatic rings. The van der Waals surface area contributed by atoms with Gasteiger partial charge in [0.15, 0.2) is 0 Å². The topological polar surface area (TPSA) is 58.2 Å². The number of carbonyl (C=O) groups excluding carboxylic acids is 2. The van der Waals surface area contributed by atoms with E-state index in [0.29, 0.717) is 11.1 Å². The predicted octanol–water partition coefficient (Wildman–Crippen LogP) is 6.56. The lowest BCUT2D eigenvalue weighted by Gasteiger charge is -2.13. The molecule has 2 amide bonds. The Morgan fingerprint density at radius 1 is 0.588 bits per heavy atom. The van der Waals surface area contributed by atoms with Crippen molar-refractivity contribution in [1.82, 2.24) is 5.32 Å². The molecule has 2 N–H and O–H groups in total. The summed E-state index contributed by atoms with van der Waals surface area (Å²) in [5.41, 5.74) is 9.90. The number of amides is 2. The van der Waals surface area contributed by atoms with E-state index in [2.05, 4.69) is 55.7 Å². The molecule has 170 valence electrons. The number of hydrogen-bond donors (Lipinski definition) is 2. The first-order valence-electron chi connectivity index (χ1n) is 11.3. The molecule has 4 rings (SSSR count). The highest BCUT2D eigenvalue weighted by Gasteiger charge is 2.10. The Bertz CT molecular complexity index is 1350. The second-order valence-corrected chi connectivity index (χ2v) is 8.54. The van der Waals surface area contributed by atoms with Gasteiger partial charge in [-0.05, 0) is 90.6 Å². The number of rotatable bonds is 5. The molecule has 0 aliphatic heterocycles. The maximum atomic E-state index is 12.8. The quantitative estimate of drug-likeness (QED) is 0.363. The zero-order valence-electron chi connectivity index (χ0n) is 19.9. The average Bonchev–Trinajstić information content (AvgIpc) is 2.84. The molecule has 4 nitrogen and oxygen atoms in total. The van der Waals surface area contributed by atoms with Crippen LogP contribution in [0.4, 0.5) is 5.69 Å². The molecule has 0 bridgehead atoms. The molecule has 4 heteroatoms. The standard InChI is InChI=1S/C30H28N2O2/c1-19-5-15-27(20(2)17-19)28-16-14-26(18-21(28)3)32-30(34)25-12-8-23(9-13-25)22-6-10-24(11-7-22)29(33)31-4/h5-18H,1-4H3,(H,31,33)(H,32,34). The summed E-state index contributed by atoms with van der Waals surface area (Å²) in [4.78, 5) is 24.5. The lowest BCUT2D eigenvalue weighted by atomic mass is 9.95. The molecule has 4 aromatic carbocycles. The van der Waals surface area contributed by atoms with Crippen LogP contribution in [0, 0.1) is 20.8 Å². The second kappa shape index (κ2) is 9.75. The predicted molar refractivity (Wildman–Crippen MR) is 139 cm³/mol. The van der Waals surface area contributed by atoms with Gasteiger partial charge in [0.2, 0.25) is 0 Å². The molecular formula is C30H28N2O2. The number of aryl methyl sites for hydroxylation is 3. The molecule has 0 aromatic heterocycles. The summed E-state index contributed by atoms with van der Waals surface area (Å²) in [7, 11) is 1.61. The van der Waals surface area contributed by atoms with Crippen molar-refractivity contribution in [2.75, 3.05) is 12.4 Å². The highest BCUT2D eigenvalue weighted by Crippen LogP contribution is 2.29. The Balaban J connectivity index is 1.47. The van der Waals surface area contributed by atoms with Crippen LogP contribution in [0.25, 0.3) is 22.3 Å². The van der Waals surface area contributed by atoms with Crippen LogP contribution in [0.5, 0.6) is 0 Å². The minimum absolute atomic E-state index is 0.115. The molecule has 0 saturated carbocycles. The lowest BCUT2D eigenvalue weighted by molar-refractivity contribution is 0.0962. The van der Waals surface area contributed by atoms with E-state index < -0.39 is 0 Å². The molecule has 0 saturated heterocycles. The van der Waals surface area contributed by atoms with Gasteiger partial charge in [-0.1, -0.05) is 54.1 Å². The van der Waals surface area contributed by atoms with Crippen LogP contribution in [0.1, 0.15) is 37.4 Å². The SMILES string of the molecule is CNC(=O)c1ccc(-c2ccc(C(=O)Nc3ccc(-c4ccc(C)cc4C)c(C)c3)cc2)cc1. The fourth-order valence-electron chi connectivity index (χ4n) is 4.14. The Labute approximate surface area is 200 Å². The number of anilines is 1. The fourth-order valence-corrected chi connectivity index (χ4v) is 4.14. The Hall–Kier alpha value is -4.18. The van der Waals surface area contributed by atoms with Crippen LogP contribution >= 0.6 is 0 Å². The van der Waals surface area contributed by atoms with Gasteiger partial charge < -0.3 is 10.6 Å². The van der Waals surface area contributed by atoms with E-state index in [-0.39, 0.29) is 11.8 Å². The smallest absolute Gasteiger partial charge is 0.255 e. The van der Waals surface area contributed by atoms with Crippen LogP contribution < -0.4 is 10.6 Å². The van der Waals surface area contributed by atoms with Crippen LogP contribution in [0.15, 0.2) is 84.9 Å². The van der Waals surface area contributed by atoms with Gasteiger partial charge in [0.1, 0.15) is 0 Å². The van der Waals surface area contributed by atoms with E-state index in [4.69, 9.17) is 0 Å². The largest absolute Gasteiger partial charge is 0.355 e. The van der Waals surface area contributed by atoms with Crippen molar-refractivity contribution in [1.29, 1.82) is 0 Å². The minimum atomic E-state index is -0.153. The van der Waals surface area contributed by atoms with Gasteiger partial charge in [-0.15, -0.1) is 0 Å². The summed E-state index contributed by atoms with van der Waals surface area (Å²) in [6.07, 6.45) is 0. The summed E-state index contributed by atoms with van der Waals surface area (Å²) in [6.45, 7) is 6.28. The highest BCUT2D eigenvalue weighted by atomic mass is 16.2. The first kappa shape index (κ1) is 23.0. The van der Waals surface area contributed by atoms with Crippen molar-refractivity contribution < 1.29 is 9.59 Å². The van der Waals surface area contributed by atoms with E-state index >= 15 is 0 Å². The molecule has 0 unspecified atom stereocenters. The van der Waals surface area contributed by atoms with Crippen LogP contribution in [-0.2, 0) is 0 Å². The Morgan fingerprint density at radius 2 is 1.09 bits per heavy atom. The van der Waals surface area contributed by atoms with Crippen molar-refractivity contribution >= 4 is 17.5 Å². The third kappa shape index (κ3) is 4.91. The highest BCUT2D eigenvalue weighted by molar-refractivity contribution is 6.04. The molecule has 0 aliphatic rings. The van der Waals surface area contributed by atoms with E-state index in [1.165, 1.54) is 22.3 Å². The van der Waals surface area contributed by atoms with Gasteiger partial charge >= 0.3 is 0 Å². The zero-order chi connectivity index (χ0) is 24.2. The summed E-state index contributed by atoms with van der Waals surface area (Å²) in [6, 6.07) is 27.3. The molecule has 0 aliphatic carbocycles. The minimum Gasteiger partial charge on any atom is -0.355 e. The van der Waals surface area contributed by atoms with E-state index in [1.807, 2.05) is 48.5 Å².